The zero-order valence-corrected chi connectivity index (χ0v) is 15.1. The molecule has 1 heterocycles. The summed E-state index contributed by atoms with van der Waals surface area (Å²) < 4.78 is 32.0. The van der Waals surface area contributed by atoms with Crippen LogP contribution in [0.4, 0.5) is 0 Å². The van der Waals surface area contributed by atoms with Crippen LogP contribution in [-0.4, -0.2) is 20.1 Å². The third-order valence-electron chi connectivity index (χ3n) is 3.76. The predicted molar refractivity (Wildman–Crippen MR) is 94.9 cm³/mol. The molecular formula is C18H23NO4S. The van der Waals surface area contributed by atoms with Gasteiger partial charge in [-0.3, -0.25) is 0 Å². The Kier molecular flexibility index (Phi) is 5.32. The molecule has 0 saturated heterocycles. The van der Waals surface area contributed by atoms with Crippen molar-refractivity contribution in [3.8, 4) is 0 Å². The Morgan fingerprint density at radius 1 is 1.21 bits per heavy atom. The van der Waals surface area contributed by atoms with E-state index < -0.39 is 15.6 Å². The van der Waals surface area contributed by atoms with Crippen LogP contribution in [0.3, 0.4) is 0 Å². The summed E-state index contributed by atoms with van der Waals surface area (Å²) in [5, 5.41) is 11.6. The lowest BCUT2D eigenvalue weighted by Gasteiger charge is -2.22. The standard InChI is InChI=1S/C18H23NO4S/c1-13-5-7-16(8-6-13)9-10-24(21,22)19-12-18(4,20)17-11-14(2)23-15(17)3/h5-11,19-20H,12H2,1-4H3/b10-9+. The molecule has 2 aromatic rings. The van der Waals surface area contributed by atoms with E-state index in [1.807, 2.05) is 31.2 Å². The largest absolute Gasteiger partial charge is 0.466 e. The molecule has 0 aliphatic heterocycles. The second-order valence-electron chi connectivity index (χ2n) is 6.18. The van der Waals surface area contributed by atoms with Gasteiger partial charge in [0, 0.05) is 17.5 Å². The topological polar surface area (TPSA) is 79.5 Å². The number of benzene rings is 1. The highest BCUT2D eigenvalue weighted by molar-refractivity contribution is 7.92. The highest BCUT2D eigenvalue weighted by Gasteiger charge is 2.28. The number of furan rings is 1. The van der Waals surface area contributed by atoms with Gasteiger partial charge in [-0.25, -0.2) is 13.1 Å². The van der Waals surface area contributed by atoms with Crippen molar-refractivity contribution in [3.05, 3.63) is 64.0 Å². The van der Waals surface area contributed by atoms with E-state index in [1.54, 1.807) is 26.8 Å². The third-order valence-corrected chi connectivity index (χ3v) is 4.80. The maximum Gasteiger partial charge on any atom is 0.233 e. The fourth-order valence-electron chi connectivity index (χ4n) is 2.40. The van der Waals surface area contributed by atoms with E-state index in [4.69, 9.17) is 4.42 Å². The first kappa shape index (κ1) is 18.4. The summed E-state index contributed by atoms with van der Waals surface area (Å²) in [4.78, 5) is 0. The molecule has 0 bridgehead atoms. The first-order chi connectivity index (χ1) is 11.1. The highest BCUT2D eigenvalue weighted by Crippen LogP contribution is 2.26. The summed E-state index contributed by atoms with van der Waals surface area (Å²) >= 11 is 0. The van der Waals surface area contributed by atoms with E-state index in [1.165, 1.54) is 6.08 Å². The molecule has 2 N–H and O–H groups in total. The Balaban J connectivity index is 2.06. The van der Waals surface area contributed by atoms with Gasteiger partial charge in [0.15, 0.2) is 0 Å². The summed E-state index contributed by atoms with van der Waals surface area (Å²) in [5.74, 6) is 1.25. The zero-order chi connectivity index (χ0) is 18.0. The van der Waals surface area contributed by atoms with Crippen molar-refractivity contribution in [2.24, 2.45) is 0 Å². The average Bonchev–Trinajstić information content (AvgIpc) is 2.85. The molecule has 2 rings (SSSR count). The second-order valence-corrected chi connectivity index (χ2v) is 7.83. The van der Waals surface area contributed by atoms with Gasteiger partial charge in [0.1, 0.15) is 17.1 Å². The third kappa shape index (κ3) is 4.80. The van der Waals surface area contributed by atoms with Gasteiger partial charge in [0.05, 0.1) is 0 Å². The Morgan fingerprint density at radius 3 is 2.38 bits per heavy atom. The smallest absolute Gasteiger partial charge is 0.233 e. The Hall–Kier alpha value is -1.89. The van der Waals surface area contributed by atoms with Crippen molar-refractivity contribution in [2.45, 2.75) is 33.3 Å². The molecule has 6 heteroatoms. The van der Waals surface area contributed by atoms with E-state index in [-0.39, 0.29) is 6.54 Å². The van der Waals surface area contributed by atoms with Crippen molar-refractivity contribution in [1.82, 2.24) is 4.72 Å². The number of sulfonamides is 1. The first-order valence-electron chi connectivity index (χ1n) is 7.63. The number of aryl methyl sites for hydroxylation is 3. The molecule has 1 aromatic carbocycles. The maximum atomic E-state index is 12.1. The normalized spacial score (nSPS) is 14.9. The van der Waals surface area contributed by atoms with Crippen LogP contribution < -0.4 is 4.72 Å². The molecule has 1 atom stereocenters. The van der Waals surface area contributed by atoms with Crippen LogP contribution in [-0.2, 0) is 15.6 Å². The molecule has 0 aliphatic rings. The SMILES string of the molecule is Cc1ccc(/C=C/S(=O)(=O)NCC(C)(O)c2cc(C)oc2C)cc1. The molecule has 0 fully saturated rings. The lowest BCUT2D eigenvalue weighted by atomic mass is 9.97. The minimum atomic E-state index is -3.66. The Bertz CT molecular complexity index is 830. The summed E-state index contributed by atoms with van der Waals surface area (Å²) in [6.07, 6.45) is 1.52. The minimum absolute atomic E-state index is 0.145. The van der Waals surface area contributed by atoms with Gasteiger partial charge in [-0.2, -0.15) is 0 Å². The van der Waals surface area contributed by atoms with Crippen LogP contribution in [0.1, 0.15) is 35.1 Å². The van der Waals surface area contributed by atoms with Gasteiger partial charge in [0.2, 0.25) is 10.0 Å². The van der Waals surface area contributed by atoms with Crippen LogP contribution >= 0.6 is 0 Å². The lowest BCUT2D eigenvalue weighted by Crippen LogP contribution is -2.38. The van der Waals surface area contributed by atoms with Gasteiger partial charge >= 0.3 is 0 Å². The fraction of sp³-hybridized carbons (Fsp3) is 0.333. The molecule has 0 amide bonds. The second kappa shape index (κ2) is 6.93. The molecule has 0 aliphatic carbocycles. The maximum absolute atomic E-state index is 12.1. The monoisotopic (exact) mass is 349 g/mol. The average molecular weight is 349 g/mol. The Labute approximate surface area is 143 Å². The van der Waals surface area contributed by atoms with Crippen molar-refractivity contribution >= 4 is 16.1 Å². The quantitative estimate of drug-likeness (QED) is 0.840. The molecule has 1 aromatic heterocycles. The summed E-state index contributed by atoms with van der Waals surface area (Å²) in [6, 6.07) is 9.22. The summed E-state index contributed by atoms with van der Waals surface area (Å²) in [5.41, 5.74) is 1.12. The van der Waals surface area contributed by atoms with E-state index in [9.17, 15) is 13.5 Å². The number of hydrogen-bond acceptors (Lipinski definition) is 4. The van der Waals surface area contributed by atoms with Gasteiger partial charge < -0.3 is 9.52 Å². The number of nitrogens with one attached hydrogen (secondary N) is 1. The van der Waals surface area contributed by atoms with E-state index in [2.05, 4.69) is 4.72 Å². The fourth-order valence-corrected chi connectivity index (χ4v) is 3.31. The van der Waals surface area contributed by atoms with Crippen molar-refractivity contribution in [1.29, 1.82) is 0 Å². The Morgan fingerprint density at radius 2 is 1.83 bits per heavy atom. The molecule has 0 spiro atoms. The van der Waals surface area contributed by atoms with Crippen LogP contribution in [0.15, 0.2) is 40.2 Å². The van der Waals surface area contributed by atoms with Gasteiger partial charge in [-0.15, -0.1) is 0 Å². The molecule has 1 unspecified atom stereocenters. The van der Waals surface area contributed by atoms with Crippen molar-refractivity contribution < 1.29 is 17.9 Å². The van der Waals surface area contributed by atoms with Crippen molar-refractivity contribution in [2.75, 3.05) is 6.54 Å². The van der Waals surface area contributed by atoms with E-state index in [0.29, 0.717) is 17.1 Å². The van der Waals surface area contributed by atoms with Gasteiger partial charge in [0.25, 0.3) is 0 Å². The van der Waals surface area contributed by atoms with Crippen LogP contribution in [0.5, 0.6) is 0 Å². The van der Waals surface area contributed by atoms with Gasteiger partial charge in [-0.05, 0) is 45.4 Å². The summed E-state index contributed by atoms with van der Waals surface area (Å²) in [7, 11) is -3.66. The highest BCUT2D eigenvalue weighted by atomic mass is 32.2. The van der Waals surface area contributed by atoms with E-state index >= 15 is 0 Å². The minimum Gasteiger partial charge on any atom is -0.466 e. The molecule has 130 valence electrons. The molecule has 0 saturated carbocycles. The first-order valence-corrected chi connectivity index (χ1v) is 9.18. The molecule has 5 nitrogen and oxygen atoms in total. The number of hydrogen-bond donors (Lipinski definition) is 2. The molecule has 24 heavy (non-hydrogen) atoms. The van der Waals surface area contributed by atoms with Crippen LogP contribution in [0, 0.1) is 20.8 Å². The zero-order valence-electron chi connectivity index (χ0n) is 14.3. The van der Waals surface area contributed by atoms with Gasteiger partial charge in [-0.1, -0.05) is 29.8 Å². The van der Waals surface area contributed by atoms with E-state index in [0.717, 1.165) is 16.5 Å². The molecular weight excluding hydrogens is 326 g/mol. The predicted octanol–water partition coefficient (Wildman–Crippen LogP) is 3.00. The molecule has 0 radical (unpaired) electrons. The summed E-state index contributed by atoms with van der Waals surface area (Å²) in [6.45, 7) is 6.89. The lowest BCUT2D eigenvalue weighted by molar-refractivity contribution is 0.0613. The van der Waals surface area contributed by atoms with Crippen LogP contribution in [0.25, 0.3) is 6.08 Å². The number of rotatable bonds is 6. The van der Waals surface area contributed by atoms with Crippen molar-refractivity contribution in [3.63, 3.8) is 0 Å². The number of aliphatic hydroxyl groups is 1. The van der Waals surface area contributed by atoms with Crippen LogP contribution in [0.2, 0.25) is 0 Å².